The molecule has 0 aliphatic heterocycles. The van der Waals surface area contributed by atoms with Gasteiger partial charge in [-0.25, -0.2) is 0 Å². The highest BCUT2D eigenvalue weighted by Gasteiger charge is 2.29. The SMILES string of the molecule is O=C(O)CC1CCC=C1C(c1ccccc1)c1ccccc1. The van der Waals surface area contributed by atoms with Crippen LogP contribution in [0.3, 0.4) is 0 Å². The van der Waals surface area contributed by atoms with Crippen LogP contribution in [0.1, 0.15) is 36.3 Å². The van der Waals surface area contributed by atoms with Crippen molar-refractivity contribution < 1.29 is 9.90 Å². The van der Waals surface area contributed by atoms with E-state index in [0.29, 0.717) is 0 Å². The van der Waals surface area contributed by atoms with E-state index < -0.39 is 5.97 Å². The van der Waals surface area contributed by atoms with Gasteiger partial charge in [-0.05, 0) is 29.9 Å². The van der Waals surface area contributed by atoms with Crippen molar-refractivity contribution in [3.63, 3.8) is 0 Å². The van der Waals surface area contributed by atoms with Crippen LogP contribution in [-0.4, -0.2) is 11.1 Å². The molecule has 1 atom stereocenters. The number of aliphatic carboxylic acids is 1. The summed E-state index contributed by atoms with van der Waals surface area (Å²) in [5.41, 5.74) is 3.73. The molecule has 1 aliphatic carbocycles. The number of hydrogen-bond acceptors (Lipinski definition) is 1. The van der Waals surface area contributed by atoms with Crippen molar-refractivity contribution >= 4 is 5.97 Å². The van der Waals surface area contributed by atoms with Crippen LogP contribution in [0.15, 0.2) is 72.3 Å². The summed E-state index contributed by atoms with van der Waals surface area (Å²) < 4.78 is 0. The van der Waals surface area contributed by atoms with Crippen LogP contribution in [0.4, 0.5) is 0 Å². The van der Waals surface area contributed by atoms with Crippen LogP contribution in [0.25, 0.3) is 0 Å². The molecule has 0 heterocycles. The number of allylic oxidation sites excluding steroid dienone is 2. The minimum Gasteiger partial charge on any atom is -0.481 e. The summed E-state index contributed by atoms with van der Waals surface area (Å²) in [6.07, 6.45) is 4.39. The monoisotopic (exact) mass is 292 g/mol. The lowest BCUT2D eigenvalue weighted by Gasteiger charge is -2.24. The normalized spacial score (nSPS) is 17.5. The number of carboxylic acid groups (broad SMARTS) is 1. The molecule has 0 aromatic heterocycles. The first-order chi connectivity index (χ1) is 10.8. The average Bonchev–Trinajstić information content (AvgIpc) is 2.97. The van der Waals surface area contributed by atoms with Crippen molar-refractivity contribution in [1.82, 2.24) is 0 Å². The molecule has 0 spiro atoms. The summed E-state index contributed by atoms with van der Waals surface area (Å²) in [6.45, 7) is 0. The molecule has 1 unspecified atom stereocenters. The second-order valence-corrected chi connectivity index (χ2v) is 5.83. The Hall–Kier alpha value is -2.35. The molecule has 0 saturated heterocycles. The highest BCUT2D eigenvalue weighted by atomic mass is 16.4. The topological polar surface area (TPSA) is 37.3 Å². The molecule has 0 amide bonds. The van der Waals surface area contributed by atoms with Crippen molar-refractivity contribution in [1.29, 1.82) is 0 Å². The summed E-state index contributed by atoms with van der Waals surface area (Å²) in [7, 11) is 0. The molecule has 0 radical (unpaired) electrons. The van der Waals surface area contributed by atoms with E-state index >= 15 is 0 Å². The molecule has 2 aromatic carbocycles. The van der Waals surface area contributed by atoms with Crippen LogP contribution in [0.2, 0.25) is 0 Å². The maximum Gasteiger partial charge on any atom is 0.303 e. The Bertz CT molecular complexity index is 619. The molecular weight excluding hydrogens is 272 g/mol. The average molecular weight is 292 g/mol. The predicted molar refractivity (Wildman–Crippen MR) is 87.8 cm³/mol. The lowest BCUT2D eigenvalue weighted by atomic mass is 9.79. The van der Waals surface area contributed by atoms with Gasteiger partial charge in [0.05, 0.1) is 6.42 Å². The molecule has 2 aromatic rings. The van der Waals surface area contributed by atoms with Crippen molar-refractivity contribution in [2.24, 2.45) is 5.92 Å². The Morgan fingerprint density at radius 2 is 1.55 bits per heavy atom. The van der Waals surface area contributed by atoms with Gasteiger partial charge in [0, 0.05) is 5.92 Å². The quantitative estimate of drug-likeness (QED) is 0.816. The zero-order valence-electron chi connectivity index (χ0n) is 12.5. The van der Waals surface area contributed by atoms with Crippen LogP contribution >= 0.6 is 0 Å². The largest absolute Gasteiger partial charge is 0.481 e. The van der Waals surface area contributed by atoms with Crippen LogP contribution < -0.4 is 0 Å². The van der Waals surface area contributed by atoms with Gasteiger partial charge in [-0.15, -0.1) is 0 Å². The van der Waals surface area contributed by atoms with Gasteiger partial charge in [-0.2, -0.15) is 0 Å². The van der Waals surface area contributed by atoms with E-state index in [1.807, 2.05) is 36.4 Å². The van der Waals surface area contributed by atoms with Crippen molar-refractivity contribution in [2.45, 2.75) is 25.2 Å². The Balaban J connectivity index is 2.01. The maximum atomic E-state index is 11.2. The molecule has 1 N–H and O–H groups in total. The van der Waals surface area contributed by atoms with Crippen LogP contribution in [0.5, 0.6) is 0 Å². The second-order valence-electron chi connectivity index (χ2n) is 5.83. The number of hydrogen-bond donors (Lipinski definition) is 1. The van der Waals surface area contributed by atoms with Gasteiger partial charge >= 0.3 is 5.97 Å². The fraction of sp³-hybridized carbons (Fsp3) is 0.250. The zero-order valence-corrected chi connectivity index (χ0v) is 12.5. The van der Waals surface area contributed by atoms with E-state index in [1.165, 1.54) is 16.7 Å². The molecule has 0 fully saturated rings. The molecule has 22 heavy (non-hydrogen) atoms. The smallest absolute Gasteiger partial charge is 0.303 e. The van der Waals surface area contributed by atoms with Gasteiger partial charge in [-0.3, -0.25) is 4.79 Å². The summed E-state index contributed by atoms with van der Waals surface area (Å²) in [6, 6.07) is 20.8. The number of benzene rings is 2. The van der Waals surface area contributed by atoms with Gasteiger partial charge < -0.3 is 5.11 Å². The van der Waals surface area contributed by atoms with Crippen LogP contribution in [-0.2, 0) is 4.79 Å². The Morgan fingerprint density at radius 3 is 2.05 bits per heavy atom. The third-order valence-corrected chi connectivity index (χ3v) is 4.39. The van der Waals surface area contributed by atoms with Crippen molar-refractivity contribution in [3.8, 4) is 0 Å². The molecule has 0 saturated carbocycles. The fourth-order valence-corrected chi connectivity index (χ4v) is 3.44. The van der Waals surface area contributed by atoms with Crippen molar-refractivity contribution in [3.05, 3.63) is 83.4 Å². The predicted octanol–water partition coefficient (Wildman–Crippen LogP) is 4.63. The van der Waals surface area contributed by atoms with E-state index in [1.54, 1.807) is 0 Å². The Kier molecular flexibility index (Phi) is 4.38. The zero-order chi connectivity index (χ0) is 15.4. The first kappa shape index (κ1) is 14.6. The first-order valence-electron chi connectivity index (χ1n) is 7.77. The third-order valence-electron chi connectivity index (χ3n) is 4.39. The minimum atomic E-state index is -0.710. The van der Waals surface area contributed by atoms with Gasteiger partial charge in [-0.1, -0.05) is 72.3 Å². The molecule has 2 heteroatoms. The van der Waals surface area contributed by atoms with Gasteiger partial charge in [0.1, 0.15) is 0 Å². The number of rotatable bonds is 5. The molecule has 112 valence electrons. The van der Waals surface area contributed by atoms with Crippen LogP contribution in [0, 0.1) is 5.92 Å². The van der Waals surface area contributed by atoms with E-state index in [-0.39, 0.29) is 18.3 Å². The molecular formula is C20H20O2. The van der Waals surface area contributed by atoms with Gasteiger partial charge in [0.25, 0.3) is 0 Å². The number of carboxylic acids is 1. The summed E-state index contributed by atoms with van der Waals surface area (Å²) in [5, 5.41) is 9.19. The molecule has 3 rings (SSSR count). The van der Waals surface area contributed by atoms with E-state index in [2.05, 4.69) is 30.3 Å². The number of carbonyl (C=O) groups is 1. The standard InChI is InChI=1S/C20H20O2/c21-19(22)14-17-12-7-13-18(17)20(15-8-3-1-4-9-15)16-10-5-2-6-11-16/h1-6,8-11,13,17,20H,7,12,14H2,(H,21,22). The lowest BCUT2D eigenvalue weighted by Crippen LogP contribution is -2.14. The molecule has 1 aliphatic rings. The molecule has 2 nitrogen and oxygen atoms in total. The van der Waals surface area contributed by atoms with Crippen molar-refractivity contribution in [2.75, 3.05) is 0 Å². The highest BCUT2D eigenvalue weighted by Crippen LogP contribution is 2.42. The Morgan fingerprint density at radius 1 is 1.00 bits per heavy atom. The maximum absolute atomic E-state index is 11.2. The second kappa shape index (κ2) is 6.61. The van der Waals surface area contributed by atoms with E-state index in [4.69, 9.17) is 0 Å². The van der Waals surface area contributed by atoms with E-state index in [0.717, 1.165) is 12.8 Å². The summed E-state index contributed by atoms with van der Waals surface area (Å²) in [4.78, 5) is 11.2. The molecule has 0 bridgehead atoms. The highest BCUT2D eigenvalue weighted by molar-refractivity contribution is 5.68. The third kappa shape index (κ3) is 3.11. The lowest BCUT2D eigenvalue weighted by molar-refractivity contribution is -0.137. The fourth-order valence-electron chi connectivity index (χ4n) is 3.44. The van der Waals surface area contributed by atoms with Gasteiger partial charge in [0.15, 0.2) is 0 Å². The summed E-state index contributed by atoms with van der Waals surface area (Å²) in [5.74, 6) is -0.408. The first-order valence-corrected chi connectivity index (χ1v) is 7.77. The van der Waals surface area contributed by atoms with E-state index in [9.17, 15) is 9.90 Å². The van der Waals surface area contributed by atoms with Gasteiger partial charge in [0.2, 0.25) is 0 Å². The summed E-state index contributed by atoms with van der Waals surface area (Å²) >= 11 is 0. The Labute approximate surface area is 131 Å². The minimum absolute atomic E-state index is 0.142.